The van der Waals surface area contributed by atoms with E-state index in [4.69, 9.17) is 9.72 Å². The molecule has 2 aliphatic rings. The molecule has 33 heavy (non-hydrogen) atoms. The number of para-hydroxylation sites is 1. The van der Waals surface area contributed by atoms with Gasteiger partial charge in [-0.15, -0.1) is 35.0 Å². The van der Waals surface area contributed by atoms with Crippen LogP contribution in [0.4, 0.5) is 4.39 Å². The van der Waals surface area contributed by atoms with Crippen molar-refractivity contribution in [2.24, 2.45) is 0 Å². The lowest BCUT2D eigenvalue weighted by Gasteiger charge is -2.21. The number of pyridine rings is 2. The first-order valence-electron chi connectivity index (χ1n) is 11.0. The van der Waals surface area contributed by atoms with Crippen molar-refractivity contribution in [3.8, 4) is 17.3 Å². The summed E-state index contributed by atoms with van der Waals surface area (Å²) in [7, 11) is 0. The Bertz CT molecular complexity index is 1260. The van der Waals surface area contributed by atoms with E-state index in [0.29, 0.717) is 36.9 Å². The van der Waals surface area contributed by atoms with Crippen LogP contribution < -0.4 is 10.1 Å². The highest BCUT2D eigenvalue weighted by Gasteiger charge is 2.26. The first-order chi connectivity index (χ1) is 15.3. The Morgan fingerprint density at radius 2 is 1.79 bits per heavy atom. The van der Waals surface area contributed by atoms with E-state index in [1.54, 1.807) is 0 Å². The summed E-state index contributed by atoms with van der Waals surface area (Å²) in [6.07, 6.45) is 4.24. The van der Waals surface area contributed by atoms with Gasteiger partial charge < -0.3 is 10.1 Å². The van der Waals surface area contributed by atoms with Crippen LogP contribution in [0, 0.1) is 0 Å². The first-order valence-corrected chi connectivity index (χ1v) is 11.0. The molecule has 6 nitrogen and oxygen atoms in total. The highest BCUT2D eigenvalue weighted by Crippen LogP contribution is 2.40. The van der Waals surface area contributed by atoms with E-state index in [9.17, 15) is 4.39 Å². The van der Waals surface area contributed by atoms with Gasteiger partial charge in [-0.25, -0.2) is 9.37 Å². The van der Waals surface area contributed by atoms with Crippen molar-refractivity contribution in [1.82, 2.24) is 24.9 Å². The summed E-state index contributed by atoms with van der Waals surface area (Å²) in [6.45, 7) is 1.44. The predicted molar refractivity (Wildman–Crippen MR) is 132 cm³/mol. The van der Waals surface area contributed by atoms with Crippen molar-refractivity contribution < 1.29 is 9.13 Å². The predicted octanol–water partition coefficient (Wildman–Crippen LogP) is 5.13. The number of hydrogen-bond donors (Lipinski definition) is 1. The maximum Gasteiger partial charge on any atom is 0.187 e. The van der Waals surface area contributed by atoms with Gasteiger partial charge in [-0.1, -0.05) is 24.3 Å². The van der Waals surface area contributed by atoms with E-state index in [1.807, 2.05) is 40.8 Å². The van der Waals surface area contributed by atoms with E-state index in [1.165, 1.54) is 18.4 Å². The van der Waals surface area contributed by atoms with Gasteiger partial charge in [-0.3, -0.25) is 4.40 Å². The molecular formula is C24H26Cl2FN5O. The van der Waals surface area contributed by atoms with Gasteiger partial charge in [-0.2, -0.15) is 0 Å². The van der Waals surface area contributed by atoms with Crippen LogP contribution in [0.25, 0.3) is 28.1 Å². The molecule has 2 atom stereocenters. The standard InChI is InChI=1S/C24H24FN5O.2ClH/c25-18-10-12-26-13-11-20(18)31-21-3-1-2-16-6-8-19(27-23(16)21)24-29-28-22-9-7-17(14-30(22)24)15-4-5-15;;/h1-3,6-9,14-15,18,20,26H,4-5,10-13H2;2*1H/t18-,20-;;/m0../s1. The highest BCUT2D eigenvalue weighted by atomic mass is 35.5. The summed E-state index contributed by atoms with van der Waals surface area (Å²) in [5.41, 5.74) is 3.56. The van der Waals surface area contributed by atoms with Crippen molar-refractivity contribution in [1.29, 1.82) is 0 Å². The number of benzene rings is 1. The van der Waals surface area contributed by atoms with E-state index in [0.717, 1.165) is 28.8 Å². The Hall–Kier alpha value is -2.48. The zero-order chi connectivity index (χ0) is 20.8. The third-order valence-electron chi connectivity index (χ3n) is 6.27. The van der Waals surface area contributed by atoms with Crippen molar-refractivity contribution in [2.45, 2.75) is 43.9 Å². The van der Waals surface area contributed by atoms with Crippen LogP contribution in [-0.4, -0.2) is 44.9 Å². The van der Waals surface area contributed by atoms with Gasteiger partial charge in [0, 0.05) is 11.6 Å². The fourth-order valence-electron chi connectivity index (χ4n) is 4.35. The zero-order valence-corrected chi connectivity index (χ0v) is 19.6. The van der Waals surface area contributed by atoms with Crippen LogP contribution in [-0.2, 0) is 0 Å². The summed E-state index contributed by atoms with van der Waals surface area (Å²) in [5.74, 6) is 1.96. The van der Waals surface area contributed by atoms with E-state index in [2.05, 4.69) is 27.8 Å². The molecule has 4 aromatic rings. The summed E-state index contributed by atoms with van der Waals surface area (Å²) in [5, 5.41) is 12.9. The molecule has 9 heteroatoms. The average molecular weight is 490 g/mol. The molecule has 0 amide bonds. The number of hydrogen-bond acceptors (Lipinski definition) is 5. The molecule has 0 spiro atoms. The van der Waals surface area contributed by atoms with Gasteiger partial charge in [0.1, 0.15) is 29.2 Å². The minimum atomic E-state index is -0.991. The Kier molecular flexibility index (Phi) is 7.02. The quantitative estimate of drug-likeness (QED) is 0.430. The summed E-state index contributed by atoms with van der Waals surface area (Å²) < 4.78 is 22.7. The normalized spacial score (nSPS) is 20.6. The van der Waals surface area contributed by atoms with Crippen LogP contribution >= 0.6 is 24.8 Å². The molecule has 1 saturated carbocycles. The SMILES string of the molecule is Cl.Cl.F[C@H]1CCNCC[C@@H]1Oc1cccc2ccc(-c3nnc4ccc(C5CC5)cn34)nc12. The van der Waals surface area contributed by atoms with E-state index >= 15 is 0 Å². The lowest BCUT2D eigenvalue weighted by Crippen LogP contribution is -2.28. The van der Waals surface area contributed by atoms with Crippen LogP contribution in [0.2, 0.25) is 0 Å². The summed E-state index contributed by atoms with van der Waals surface area (Å²) >= 11 is 0. The van der Waals surface area contributed by atoms with Gasteiger partial charge in [-0.05, 0) is 68.5 Å². The molecule has 1 aromatic carbocycles. The Labute approximate surface area is 203 Å². The molecule has 6 rings (SSSR count). The molecule has 1 N–H and O–H groups in total. The van der Waals surface area contributed by atoms with Gasteiger partial charge in [0.15, 0.2) is 11.5 Å². The largest absolute Gasteiger partial charge is 0.485 e. The third kappa shape index (κ3) is 4.63. The fraction of sp³-hybridized carbons (Fsp3) is 0.375. The Balaban J connectivity index is 0.00000130. The molecule has 0 unspecified atom stereocenters. The molecule has 2 fully saturated rings. The van der Waals surface area contributed by atoms with Gasteiger partial charge in [0.2, 0.25) is 0 Å². The Morgan fingerprint density at radius 1 is 0.939 bits per heavy atom. The molecule has 0 radical (unpaired) electrons. The fourth-order valence-corrected chi connectivity index (χ4v) is 4.35. The van der Waals surface area contributed by atoms with Crippen LogP contribution in [0.1, 0.15) is 37.2 Å². The number of rotatable bonds is 4. The number of nitrogens with zero attached hydrogens (tertiary/aromatic N) is 4. The minimum Gasteiger partial charge on any atom is -0.485 e. The maximum absolute atomic E-state index is 14.6. The molecule has 3 aromatic heterocycles. The molecule has 4 heterocycles. The summed E-state index contributed by atoms with van der Waals surface area (Å²) in [4.78, 5) is 4.89. The molecular weight excluding hydrogens is 464 g/mol. The van der Waals surface area contributed by atoms with Crippen LogP contribution in [0.15, 0.2) is 48.7 Å². The van der Waals surface area contributed by atoms with Crippen LogP contribution in [0.3, 0.4) is 0 Å². The first kappa shape index (κ1) is 23.7. The lowest BCUT2D eigenvalue weighted by atomic mass is 10.1. The van der Waals surface area contributed by atoms with Crippen molar-refractivity contribution in [3.05, 3.63) is 54.2 Å². The second-order valence-electron chi connectivity index (χ2n) is 8.51. The Morgan fingerprint density at radius 3 is 2.64 bits per heavy atom. The minimum absolute atomic E-state index is 0. The number of halogens is 3. The monoisotopic (exact) mass is 489 g/mol. The topological polar surface area (TPSA) is 64.3 Å². The number of ether oxygens (including phenoxy) is 1. The van der Waals surface area contributed by atoms with E-state index < -0.39 is 12.3 Å². The van der Waals surface area contributed by atoms with E-state index in [-0.39, 0.29) is 24.8 Å². The molecule has 1 aliphatic heterocycles. The van der Waals surface area contributed by atoms with Gasteiger partial charge >= 0.3 is 0 Å². The average Bonchev–Trinajstić information content (AvgIpc) is 3.59. The van der Waals surface area contributed by atoms with Crippen molar-refractivity contribution in [2.75, 3.05) is 13.1 Å². The van der Waals surface area contributed by atoms with Crippen molar-refractivity contribution >= 4 is 41.4 Å². The lowest BCUT2D eigenvalue weighted by molar-refractivity contribution is 0.0983. The molecule has 174 valence electrons. The highest BCUT2D eigenvalue weighted by molar-refractivity contribution is 5.86. The molecule has 0 bridgehead atoms. The number of fused-ring (bicyclic) bond motifs is 2. The maximum atomic E-state index is 14.6. The smallest absolute Gasteiger partial charge is 0.187 e. The molecule has 1 aliphatic carbocycles. The zero-order valence-electron chi connectivity index (χ0n) is 18.0. The van der Waals surface area contributed by atoms with Gasteiger partial charge in [0.25, 0.3) is 0 Å². The van der Waals surface area contributed by atoms with Crippen LogP contribution in [0.5, 0.6) is 5.75 Å². The third-order valence-corrected chi connectivity index (χ3v) is 6.27. The summed E-state index contributed by atoms with van der Waals surface area (Å²) in [6, 6.07) is 13.9. The van der Waals surface area contributed by atoms with Crippen molar-refractivity contribution in [3.63, 3.8) is 0 Å². The second kappa shape index (κ2) is 9.79. The number of nitrogens with one attached hydrogen (secondary N) is 1. The number of alkyl halides is 1. The van der Waals surface area contributed by atoms with Gasteiger partial charge in [0.05, 0.1) is 0 Å². The second-order valence-corrected chi connectivity index (χ2v) is 8.51. The molecule has 1 saturated heterocycles. The number of aromatic nitrogens is 4.